The lowest BCUT2D eigenvalue weighted by molar-refractivity contribution is 0.192. The van der Waals surface area contributed by atoms with E-state index in [1.54, 1.807) is 0 Å². The van der Waals surface area contributed by atoms with Gasteiger partial charge in [0.25, 0.3) is 0 Å². The van der Waals surface area contributed by atoms with Gasteiger partial charge in [0.1, 0.15) is 0 Å². The Morgan fingerprint density at radius 3 is 1.67 bits per heavy atom. The van der Waals surface area contributed by atoms with Crippen molar-refractivity contribution in [1.29, 1.82) is 0 Å². The largest absolute Gasteiger partial charge is 0.313 e. The summed E-state index contributed by atoms with van der Waals surface area (Å²) in [5.74, 6) is 1.98. The van der Waals surface area contributed by atoms with Crippen molar-refractivity contribution in [3.05, 3.63) is 0 Å². The van der Waals surface area contributed by atoms with E-state index in [4.69, 9.17) is 0 Å². The minimum Gasteiger partial charge on any atom is -0.313 e. The van der Waals surface area contributed by atoms with Gasteiger partial charge in [0.05, 0.1) is 0 Å². The summed E-state index contributed by atoms with van der Waals surface area (Å²) in [6, 6.07) is 0.850. The van der Waals surface area contributed by atoms with Gasteiger partial charge in [-0.1, -0.05) is 51.9 Å². The Balaban J connectivity index is 1.92. The molecule has 1 unspecified atom stereocenters. The van der Waals surface area contributed by atoms with Crippen LogP contribution in [0, 0.1) is 11.8 Å². The Morgan fingerprint density at radius 1 is 0.778 bits per heavy atom. The van der Waals surface area contributed by atoms with Crippen LogP contribution >= 0.6 is 0 Å². The van der Waals surface area contributed by atoms with Gasteiger partial charge in [-0.2, -0.15) is 0 Å². The van der Waals surface area contributed by atoms with E-state index in [0.29, 0.717) is 0 Å². The fraction of sp³-hybridized carbons (Fsp3) is 1.00. The topological polar surface area (TPSA) is 12.0 Å². The molecule has 1 atom stereocenters. The van der Waals surface area contributed by atoms with E-state index < -0.39 is 0 Å². The SMILES string of the molecule is CCCNC(C1CCCCCC1)C1CCCCC1. The van der Waals surface area contributed by atoms with E-state index in [0.717, 1.165) is 17.9 Å². The molecule has 2 fully saturated rings. The van der Waals surface area contributed by atoms with E-state index in [2.05, 4.69) is 12.2 Å². The lowest BCUT2D eigenvalue weighted by Gasteiger charge is -2.36. The molecule has 1 nitrogen and oxygen atoms in total. The van der Waals surface area contributed by atoms with Gasteiger partial charge in [-0.15, -0.1) is 0 Å². The van der Waals surface area contributed by atoms with Crippen LogP contribution in [0.25, 0.3) is 0 Å². The monoisotopic (exact) mass is 251 g/mol. The molecule has 0 amide bonds. The van der Waals surface area contributed by atoms with Crippen LogP contribution in [-0.4, -0.2) is 12.6 Å². The first-order valence-corrected chi connectivity index (χ1v) is 8.65. The number of rotatable bonds is 5. The predicted molar refractivity (Wildman–Crippen MR) is 79.8 cm³/mol. The van der Waals surface area contributed by atoms with E-state index in [1.807, 2.05) is 0 Å². The molecule has 18 heavy (non-hydrogen) atoms. The molecule has 0 aromatic heterocycles. The average Bonchev–Trinajstić information content (AvgIpc) is 2.70. The van der Waals surface area contributed by atoms with Gasteiger partial charge in [-0.05, 0) is 50.5 Å². The first-order chi connectivity index (χ1) is 8.92. The highest BCUT2D eigenvalue weighted by atomic mass is 14.9. The minimum absolute atomic E-state index is 0.850. The van der Waals surface area contributed by atoms with Crippen molar-refractivity contribution in [1.82, 2.24) is 5.32 Å². The van der Waals surface area contributed by atoms with Crippen LogP contribution in [0.1, 0.15) is 84.0 Å². The van der Waals surface area contributed by atoms with Crippen LogP contribution in [0.15, 0.2) is 0 Å². The third-order valence-corrected chi connectivity index (χ3v) is 5.20. The number of hydrogen-bond donors (Lipinski definition) is 1. The van der Waals surface area contributed by atoms with Gasteiger partial charge in [0.15, 0.2) is 0 Å². The molecule has 0 aliphatic heterocycles. The van der Waals surface area contributed by atoms with E-state index >= 15 is 0 Å². The Hall–Kier alpha value is -0.0400. The molecule has 0 spiro atoms. The zero-order valence-electron chi connectivity index (χ0n) is 12.4. The van der Waals surface area contributed by atoms with Crippen LogP contribution in [0.4, 0.5) is 0 Å². The van der Waals surface area contributed by atoms with Crippen molar-refractivity contribution in [3.63, 3.8) is 0 Å². The molecule has 0 aromatic rings. The van der Waals surface area contributed by atoms with Crippen LogP contribution in [0.3, 0.4) is 0 Å². The Bertz CT molecular complexity index is 200. The third kappa shape index (κ3) is 4.26. The highest BCUT2D eigenvalue weighted by Crippen LogP contribution is 2.35. The molecule has 0 saturated heterocycles. The number of hydrogen-bond acceptors (Lipinski definition) is 1. The lowest BCUT2D eigenvalue weighted by atomic mass is 9.76. The first kappa shape index (κ1) is 14.4. The fourth-order valence-electron chi connectivity index (χ4n) is 4.19. The third-order valence-electron chi connectivity index (χ3n) is 5.20. The van der Waals surface area contributed by atoms with E-state index in [-0.39, 0.29) is 0 Å². The summed E-state index contributed by atoms with van der Waals surface area (Å²) in [6.45, 7) is 3.54. The van der Waals surface area contributed by atoms with Crippen LogP contribution in [0.2, 0.25) is 0 Å². The van der Waals surface area contributed by atoms with Gasteiger partial charge >= 0.3 is 0 Å². The summed E-state index contributed by atoms with van der Waals surface area (Å²) in [6.07, 6.45) is 17.7. The van der Waals surface area contributed by atoms with E-state index in [9.17, 15) is 0 Å². The lowest BCUT2D eigenvalue weighted by Crippen LogP contribution is -2.43. The molecule has 0 aromatic carbocycles. The molecule has 0 radical (unpaired) electrons. The van der Waals surface area contributed by atoms with Crippen molar-refractivity contribution in [2.45, 2.75) is 90.0 Å². The van der Waals surface area contributed by atoms with Gasteiger partial charge in [-0.3, -0.25) is 0 Å². The predicted octanol–water partition coefficient (Wildman–Crippen LogP) is 4.91. The second-order valence-electron chi connectivity index (χ2n) is 6.63. The van der Waals surface area contributed by atoms with Gasteiger partial charge < -0.3 is 5.32 Å². The summed E-state index contributed by atoms with van der Waals surface area (Å²) in [4.78, 5) is 0. The summed E-state index contributed by atoms with van der Waals surface area (Å²) >= 11 is 0. The molecule has 0 heterocycles. The summed E-state index contributed by atoms with van der Waals surface area (Å²) in [7, 11) is 0. The molecule has 2 aliphatic rings. The normalized spacial score (nSPS) is 25.8. The van der Waals surface area contributed by atoms with Gasteiger partial charge in [-0.25, -0.2) is 0 Å². The van der Waals surface area contributed by atoms with Crippen molar-refractivity contribution in [2.75, 3.05) is 6.54 Å². The zero-order chi connectivity index (χ0) is 12.6. The zero-order valence-corrected chi connectivity index (χ0v) is 12.4. The van der Waals surface area contributed by atoms with Gasteiger partial charge in [0.2, 0.25) is 0 Å². The Kier molecular flexibility index (Phi) is 6.54. The van der Waals surface area contributed by atoms with Crippen LogP contribution in [0.5, 0.6) is 0 Å². The van der Waals surface area contributed by atoms with Crippen molar-refractivity contribution >= 4 is 0 Å². The Labute approximate surface area is 114 Å². The van der Waals surface area contributed by atoms with E-state index in [1.165, 1.54) is 83.6 Å². The molecular formula is C17H33N. The first-order valence-electron chi connectivity index (χ1n) is 8.65. The summed E-state index contributed by atoms with van der Waals surface area (Å²) in [5.41, 5.74) is 0. The summed E-state index contributed by atoms with van der Waals surface area (Å²) in [5, 5.41) is 3.94. The van der Waals surface area contributed by atoms with Crippen molar-refractivity contribution < 1.29 is 0 Å². The minimum atomic E-state index is 0.850. The Morgan fingerprint density at radius 2 is 1.22 bits per heavy atom. The highest BCUT2D eigenvalue weighted by Gasteiger charge is 2.30. The second-order valence-corrected chi connectivity index (χ2v) is 6.63. The smallest absolute Gasteiger partial charge is 0.0124 e. The quantitative estimate of drug-likeness (QED) is 0.685. The number of nitrogens with one attached hydrogen (secondary N) is 1. The molecule has 2 aliphatic carbocycles. The summed E-state index contributed by atoms with van der Waals surface area (Å²) < 4.78 is 0. The second kappa shape index (κ2) is 8.19. The molecule has 1 N–H and O–H groups in total. The molecule has 2 rings (SSSR count). The van der Waals surface area contributed by atoms with Crippen molar-refractivity contribution in [2.24, 2.45) is 11.8 Å². The maximum atomic E-state index is 3.94. The van der Waals surface area contributed by atoms with Crippen molar-refractivity contribution in [3.8, 4) is 0 Å². The van der Waals surface area contributed by atoms with Crippen LogP contribution in [-0.2, 0) is 0 Å². The highest BCUT2D eigenvalue weighted by molar-refractivity contribution is 4.86. The molecular weight excluding hydrogens is 218 g/mol. The average molecular weight is 251 g/mol. The maximum Gasteiger partial charge on any atom is 0.0124 e. The molecule has 0 bridgehead atoms. The molecule has 106 valence electrons. The van der Waals surface area contributed by atoms with Gasteiger partial charge in [0, 0.05) is 6.04 Å². The maximum absolute atomic E-state index is 3.94. The fourth-order valence-corrected chi connectivity index (χ4v) is 4.19. The molecule has 2 saturated carbocycles. The molecule has 1 heteroatoms. The standard InChI is InChI=1S/C17H33N/c1-2-14-18-17(16-12-8-5-9-13-16)15-10-6-3-4-7-11-15/h15-18H,2-14H2,1H3. The van der Waals surface area contributed by atoms with Crippen LogP contribution < -0.4 is 5.32 Å².